The number of aromatic nitrogens is 2. The van der Waals surface area contributed by atoms with Crippen LogP contribution in [0.5, 0.6) is 11.5 Å². The molecule has 6 nitrogen and oxygen atoms in total. The molecule has 0 N–H and O–H groups in total. The van der Waals surface area contributed by atoms with Gasteiger partial charge in [-0.2, -0.15) is 5.10 Å². The molecule has 0 spiro atoms. The molecule has 1 aromatic carbocycles. The Kier molecular flexibility index (Phi) is 6.74. The molecule has 1 aromatic heterocycles. The van der Waals surface area contributed by atoms with Crippen LogP contribution in [0.1, 0.15) is 36.6 Å². The van der Waals surface area contributed by atoms with Gasteiger partial charge in [0, 0.05) is 55.7 Å². The van der Waals surface area contributed by atoms with Gasteiger partial charge in [-0.25, -0.2) is 0 Å². The monoisotopic (exact) mass is 373 g/mol. The summed E-state index contributed by atoms with van der Waals surface area (Å²) in [5, 5.41) is 4.50. The van der Waals surface area contributed by atoms with E-state index in [0.717, 1.165) is 62.7 Å². The van der Waals surface area contributed by atoms with E-state index < -0.39 is 0 Å². The summed E-state index contributed by atoms with van der Waals surface area (Å²) in [4.78, 5) is 2.43. The van der Waals surface area contributed by atoms with Gasteiger partial charge in [-0.05, 0) is 32.8 Å². The van der Waals surface area contributed by atoms with Gasteiger partial charge in [0.1, 0.15) is 11.5 Å². The average molecular weight is 373 g/mol. The smallest absolute Gasteiger partial charge is 0.127 e. The molecule has 1 atom stereocenters. The summed E-state index contributed by atoms with van der Waals surface area (Å²) in [7, 11) is 3.38. The van der Waals surface area contributed by atoms with E-state index in [1.165, 1.54) is 11.3 Å². The molecule has 2 heterocycles. The lowest BCUT2D eigenvalue weighted by Crippen LogP contribution is -2.31. The molecule has 0 saturated carbocycles. The van der Waals surface area contributed by atoms with Gasteiger partial charge in [-0.1, -0.05) is 6.07 Å². The van der Waals surface area contributed by atoms with Crippen molar-refractivity contribution in [2.75, 3.05) is 27.4 Å². The van der Waals surface area contributed by atoms with Crippen molar-refractivity contribution in [1.82, 2.24) is 14.7 Å². The molecule has 3 rings (SSSR count). The van der Waals surface area contributed by atoms with Gasteiger partial charge in [0.2, 0.25) is 0 Å². The van der Waals surface area contributed by atoms with Crippen LogP contribution in [0.2, 0.25) is 0 Å². The second-order valence-corrected chi connectivity index (χ2v) is 7.05. The minimum atomic E-state index is 0.302. The number of benzene rings is 1. The van der Waals surface area contributed by atoms with Crippen LogP contribution in [-0.2, 0) is 24.4 Å². The third-order valence-corrected chi connectivity index (χ3v) is 5.27. The van der Waals surface area contributed by atoms with Gasteiger partial charge in [0.15, 0.2) is 0 Å². The van der Waals surface area contributed by atoms with E-state index in [0.29, 0.717) is 6.10 Å². The Morgan fingerprint density at radius 2 is 2.04 bits per heavy atom. The van der Waals surface area contributed by atoms with Crippen LogP contribution in [-0.4, -0.2) is 48.2 Å². The summed E-state index contributed by atoms with van der Waals surface area (Å²) in [6.45, 7) is 8.58. The first-order valence-electron chi connectivity index (χ1n) is 9.70. The fourth-order valence-corrected chi connectivity index (χ4v) is 3.68. The van der Waals surface area contributed by atoms with Gasteiger partial charge in [0.05, 0.1) is 26.5 Å². The highest BCUT2D eigenvalue weighted by Crippen LogP contribution is 2.27. The number of hydrogen-bond donors (Lipinski definition) is 0. The first-order chi connectivity index (χ1) is 13.1. The molecule has 148 valence electrons. The SMILES string of the molecule is CCn1ncc(CN(Cc2ccc(OC)cc2OC)CC2CCCO2)c1C. The van der Waals surface area contributed by atoms with Crippen LogP contribution in [0.3, 0.4) is 0 Å². The maximum absolute atomic E-state index is 5.89. The van der Waals surface area contributed by atoms with Gasteiger partial charge in [0.25, 0.3) is 0 Å². The van der Waals surface area contributed by atoms with E-state index in [4.69, 9.17) is 14.2 Å². The lowest BCUT2D eigenvalue weighted by molar-refractivity contribution is 0.0675. The third kappa shape index (κ3) is 4.82. The predicted octanol–water partition coefficient (Wildman–Crippen LogP) is 3.41. The molecule has 1 saturated heterocycles. The number of aryl methyl sites for hydroxylation is 1. The molecule has 1 fully saturated rings. The highest BCUT2D eigenvalue weighted by molar-refractivity contribution is 5.40. The molecule has 0 bridgehead atoms. The van der Waals surface area contributed by atoms with Crippen LogP contribution < -0.4 is 9.47 Å². The number of rotatable bonds is 9. The molecular weight excluding hydrogens is 342 g/mol. The molecule has 0 amide bonds. The molecule has 2 aromatic rings. The number of hydrogen-bond acceptors (Lipinski definition) is 5. The molecule has 6 heteroatoms. The minimum absolute atomic E-state index is 0.302. The summed E-state index contributed by atoms with van der Waals surface area (Å²) in [6.07, 6.45) is 4.57. The Morgan fingerprint density at radius 1 is 1.22 bits per heavy atom. The van der Waals surface area contributed by atoms with Gasteiger partial charge in [-0.3, -0.25) is 9.58 Å². The zero-order valence-electron chi connectivity index (χ0n) is 16.9. The predicted molar refractivity (Wildman–Crippen MR) is 105 cm³/mol. The zero-order chi connectivity index (χ0) is 19.2. The van der Waals surface area contributed by atoms with E-state index in [1.807, 2.05) is 23.0 Å². The normalized spacial score (nSPS) is 16.9. The maximum atomic E-state index is 5.89. The molecule has 1 aliphatic heterocycles. The van der Waals surface area contributed by atoms with E-state index in [-0.39, 0.29) is 0 Å². The van der Waals surface area contributed by atoms with Gasteiger partial charge < -0.3 is 14.2 Å². The molecule has 1 unspecified atom stereocenters. The Balaban J connectivity index is 1.79. The largest absolute Gasteiger partial charge is 0.497 e. The van der Waals surface area contributed by atoms with E-state index in [9.17, 15) is 0 Å². The van der Waals surface area contributed by atoms with E-state index in [2.05, 4.69) is 29.9 Å². The Hall–Kier alpha value is -2.05. The lowest BCUT2D eigenvalue weighted by Gasteiger charge is -2.26. The summed E-state index contributed by atoms with van der Waals surface area (Å²) in [6, 6.07) is 6.02. The topological polar surface area (TPSA) is 48.8 Å². The fourth-order valence-electron chi connectivity index (χ4n) is 3.68. The lowest BCUT2D eigenvalue weighted by atomic mass is 10.1. The summed E-state index contributed by atoms with van der Waals surface area (Å²) in [5.74, 6) is 1.66. The van der Waals surface area contributed by atoms with Crippen molar-refractivity contribution in [2.45, 2.75) is 52.4 Å². The summed E-state index contributed by atoms with van der Waals surface area (Å²) in [5.41, 5.74) is 3.65. The number of nitrogens with zero attached hydrogens (tertiary/aromatic N) is 3. The Labute approximate surface area is 162 Å². The van der Waals surface area contributed by atoms with E-state index >= 15 is 0 Å². The highest BCUT2D eigenvalue weighted by atomic mass is 16.5. The number of methoxy groups -OCH3 is 2. The van der Waals surface area contributed by atoms with Gasteiger partial charge >= 0.3 is 0 Å². The second-order valence-electron chi connectivity index (χ2n) is 7.05. The van der Waals surface area contributed by atoms with Crippen molar-refractivity contribution in [2.24, 2.45) is 0 Å². The quantitative estimate of drug-likeness (QED) is 0.674. The second kappa shape index (κ2) is 9.24. The first-order valence-corrected chi connectivity index (χ1v) is 9.70. The first kappa shape index (κ1) is 19.7. The fraction of sp³-hybridized carbons (Fsp3) is 0.571. The van der Waals surface area contributed by atoms with Crippen molar-refractivity contribution in [3.05, 3.63) is 41.2 Å². The van der Waals surface area contributed by atoms with Crippen molar-refractivity contribution < 1.29 is 14.2 Å². The van der Waals surface area contributed by atoms with Crippen LogP contribution >= 0.6 is 0 Å². The van der Waals surface area contributed by atoms with Crippen molar-refractivity contribution in [3.8, 4) is 11.5 Å². The summed E-state index contributed by atoms with van der Waals surface area (Å²) >= 11 is 0. The zero-order valence-corrected chi connectivity index (χ0v) is 16.9. The number of ether oxygens (including phenoxy) is 3. The van der Waals surface area contributed by atoms with Crippen molar-refractivity contribution in [1.29, 1.82) is 0 Å². The van der Waals surface area contributed by atoms with Crippen LogP contribution in [0.4, 0.5) is 0 Å². The third-order valence-electron chi connectivity index (χ3n) is 5.27. The van der Waals surface area contributed by atoms with Crippen LogP contribution in [0, 0.1) is 6.92 Å². The summed E-state index contributed by atoms with van der Waals surface area (Å²) < 4.78 is 18.9. The maximum Gasteiger partial charge on any atom is 0.127 e. The molecule has 0 aliphatic carbocycles. The van der Waals surface area contributed by atoms with Crippen molar-refractivity contribution in [3.63, 3.8) is 0 Å². The van der Waals surface area contributed by atoms with Crippen LogP contribution in [0.25, 0.3) is 0 Å². The standard InChI is InChI=1S/C21H31N3O3/c1-5-24-16(2)18(12-22-24)14-23(15-20-7-6-10-27-20)13-17-8-9-19(25-3)11-21(17)26-4/h8-9,11-12,20H,5-7,10,13-15H2,1-4H3. The van der Waals surface area contributed by atoms with E-state index in [1.54, 1.807) is 14.2 Å². The Morgan fingerprint density at radius 3 is 2.67 bits per heavy atom. The molecule has 27 heavy (non-hydrogen) atoms. The van der Waals surface area contributed by atoms with Gasteiger partial charge in [-0.15, -0.1) is 0 Å². The molecule has 1 aliphatic rings. The Bertz CT molecular complexity index is 738. The average Bonchev–Trinajstić information content (AvgIpc) is 3.32. The minimum Gasteiger partial charge on any atom is -0.497 e. The van der Waals surface area contributed by atoms with Crippen molar-refractivity contribution >= 4 is 0 Å². The highest BCUT2D eigenvalue weighted by Gasteiger charge is 2.22. The molecular formula is C21H31N3O3. The van der Waals surface area contributed by atoms with Crippen LogP contribution in [0.15, 0.2) is 24.4 Å². The molecule has 0 radical (unpaired) electrons.